The number of carbonyl (C=O) groups excluding carboxylic acids is 2. The molecule has 4 N–H and O–H groups in total. The molecule has 2 heterocycles. The van der Waals surface area contributed by atoms with Crippen LogP contribution in [0.4, 0.5) is 11.4 Å². The number of fused-ring (bicyclic) bond motifs is 1. The molecule has 0 saturated heterocycles. The van der Waals surface area contributed by atoms with Crippen LogP contribution < -0.4 is 20.7 Å². The number of hydrogen-bond acceptors (Lipinski definition) is 8. The molecule has 0 radical (unpaired) electrons. The van der Waals surface area contributed by atoms with Crippen LogP contribution in [0.15, 0.2) is 89.8 Å². The number of hydrogen-bond donors (Lipinski definition) is 4. The standard InChI is InChI=1S/C32H30N6O5S/c39-28(40)19-44-27-18-38(37-36-27)29(30-33-23-14-6-4-13-22(23)31(41)35-30)32(42)34-24-15-7-9-17-26(24)43-25-16-8-5-12-21(25)20-10-2-1-3-11-20/h4-9,12-18,20,33H,1-3,10-11,19H2,(H,34,42)(H,35,41)(H,39,40). The quantitative estimate of drug-likeness (QED) is 0.134. The summed E-state index contributed by atoms with van der Waals surface area (Å²) in [6, 6.07) is 22.1. The van der Waals surface area contributed by atoms with Crippen LogP contribution in [0.2, 0.25) is 0 Å². The van der Waals surface area contributed by atoms with Crippen molar-refractivity contribution in [1.82, 2.24) is 20.3 Å². The lowest BCUT2D eigenvalue weighted by Gasteiger charge is -2.25. The van der Waals surface area contributed by atoms with Crippen molar-refractivity contribution in [3.05, 3.63) is 95.9 Å². The minimum atomic E-state index is -1.01. The maximum absolute atomic E-state index is 14.0. The van der Waals surface area contributed by atoms with Gasteiger partial charge in [0.2, 0.25) is 0 Å². The summed E-state index contributed by atoms with van der Waals surface area (Å²) in [7, 11) is 0. The van der Waals surface area contributed by atoms with Gasteiger partial charge in [0.15, 0.2) is 11.4 Å². The molecule has 0 spiro atoms. The van der Waals surface area contributed by atoms with Crippen molar-refractivity contribution in [3.8, 4) is 11.5 Å². The van der Waals surface area contributed by atoms with E-state index in [-0.39, 0.29) is 17.3 Å². The predicted molar refractivity (Wildman–Crippen MR) is 167 cm³/mol. The molecule has 3 aromatic carbocycles. The second-order valence-electron chi connectivity index (χ2n) is 10.5. The number of nitrogens with zero attached hydrogens (tertiary/aromatic N) is 3. The van der Waals surface area contributed by atoms with Gasteiger partial charge in [0.05, 0.1) is 28.9 Å². The topological polar surface area (TPSA) is 147 Å². The summed E-state index contributed by atoms with van der Waals surface area (Å²) in [6.45, 7) is 0. The monoisotopic (exact) mass is 610 g/mol. The molecule has 2 amide bonds. The molecule has 6 rings (SSSR count). The first kappa shape index (κ1) is 29.0. The Kier molecular flexibility index (Phi) is 8.59. The van der Waals surface area contributed by atoms with E-state index in [0.717, 1.165) is 35.9 Å². The minimum absolute atomic E-state index is 0.0556. The first-order chi connectivity index (χ1) is 21.5. The van der Waals surface area contributed by atoms with E-state index in [1.807, 2.05) is 24.3 Å². The summed E-state index contributed by atoms with van der Waals surface area (Å²) in [6.07, 6.45) is 7.30. The minimum Gasteiger partial charge on any atom is -0.481 e. The van der Waals surface area contributed by atoms with Gasteiger partial charge >= 0.3 is 5.97 Å². The number of carbonyl (C=O) groups is 3. The summed E-state index contributed by atoms with van der Waals surface area (Å²) >= 11 is 0.959. The van der Waals surface area contributed by atoms with E-state index in [1.165, 1.54) is 30.1 Å². The van der Waals surface area contributed by atoms with Crippen molar-refractivity contribution < 1.29 is 24.2 Å². The molecular weight excluding hydrogens is 580 g/mol. The SMILES string of the molecule is O=C(O)CSc1cn(C(C(=O)Nc2ccccc2Oc2ccccc2C2CCCCC2)=C2NC(=O)c3ccccc3N2)nn1. The van der Waals surface area contributed by atoms with E-state index in [1.54, 1.807) is 42.5 Å². The van der Waals surface area contributed by atoms with E-state index < -0.39 is 17.8 Å². The first-order valence-electron chi connectivity index (χ1n) is 14.3. The molecule has 0 atom stereocenters. The number of aliphatic carboxylic acids is 1. The van der Waals surface area contributed by atoms with Crippen LogP contribution in [0.25, 0.3) is 5.70 Å². The summed E-state index contributed by atoms with van der Waals surface area (Å²) in [5.74, 6) is -0.544. The molecule has 12 heteroatoms. The highest BCUT2D eigenvalue weighted by Gasteiger charge is 2.28. The zero-order chi connectivity index (χ0) is 30.5. The average molecular weight is 611 g/mol. The van der Waals surface area contributed by atoms with Crippen LogP contribution in [-0.4, -0.2) is 43.6 Å². The van der Waals surface area contributed by atoms with Gasteiger partial charge in [-0.3, -0.25) is 14.4 Å². The van der Waals surface area contributed by atoms with Gasteiger partial charge in [-0.2, -0.15) is 0 Å². The molecule has 1 aromatic heterocycles. The zero-order valence-corrected chi connectivity index (χ0v) is 24.5. The number of para-hydroxylation sites is 4. The molecule has 1 aliphatic carbocycles. The second kappa shape index (κ2) is 13.0. The van der Waals surface area contributed by atoms with Gasteiger partial charge in [-0.15, -0.1) is 5.10 Å². The van der Waals surface area contributed by atoms with E-state index in [4.69, 9.17) is 9.84 Å². The number of rotatable bonds is 9. The van der Waals surface area contributed by atoms with Gasteiger partial charge in [0.25, 0.3) is 11.8 Å². The number of carboxylic acid groups (broad SMARTS) is 1. The van der Waals surface area contributed by atoms with Gasteiger partial charge in [0, 0.05) is 0 Å². The Morgan fingerprint density at radius 2 is 1.68 bits per heavy atom. The van der Waals surface area contributed by atoms with Crippen molar-refractivity contribution >= 4 is 46.6 Å². The van der Waals surface area contributed by atoms with E-state index in [2.05, 4.69) is 32.3 Å². The van der Waals surface area contributed by atoms with Crippen molar-refractivity contribution in [2.45, 2.75) is 43.0 Å². The summed E-state index contributed by atoms with van der Waals surface area (Å²) in [5, 5.41) is 26.2. The number of ether oxygens (including phenoxy) is 1. The van der Waals surface area contributed by atoms with E-state index in [9.17, 15) is 14.4 Å². The number of anilines is 2. The third kappa shape index (κ3) is 6.45. The molecule has 224 valence electrons. The Bertz CT molecular complexity index is 1750. The van der Waals surface area contributed by atoms with Crippen LogP contribution in [0.1, 0.15) is 53.9 Å². The molecule has 44 heavy (non-hydrogen) atoms. The van der Waals surface area contributed by atoms with Gasteiger partial charge < -0.3 is 25.8 Å². The number of carboxylic acids is 1. The van der Waals surface area contributed by atoms with Crippen LogP contribution in [0.3, 0.4) is 0 Å². The third-order valence-corrected chi connectivity index (χ3v) is 8.36. The van der Waals surface area contributed by atoms with Crippen molar-refractivity contribution in [1.29, 1.82) is 0 Å². The van der Waals surface area contributed by atoms with Crippen LogP contribution >= 0.6 is 11.8 Å². The Balaban J connectivity index is 1.33. The smallest absolute Gasteiger partial charge is 0.313 e. The largest absolute Gasteiger partial charge is 0.481 e. The highest BCUT2D eigenvalue weighted by Crippen LogP contribution is 2.40. The highest BCUT2D eigenvalue weighted by atomic mass is 32.2. The van der Waals surface area contributed by atoms with E-state index in [0.29, 0.717) is 33.6 Å². The second-order valence-corrected chi connectivity index (χ2v) is 11.5. The fraction of sp³-hybridized carbons (Fsp3) is 0.219. The molecular formula is C32H30N6O5S. The predicted octanol–water partition coefficient (Wildman–Crippen LogP) is 5.92. The number of amides is 2. The highest BCUT2D eigenvalue weighted by molar-refractivity contribution is 7.99. The molecule has 1 saturated carbocycles. The van der Waals surface area contributed by atoms with Crippen LogP contribution in [0.5, 0.6) is 11.5 Å². The van der Waals surface area contributed by atoms with Crippen LogP contribution in [-0.2, 0) is 9.59 Å². The summed E-state index contributed by atoms with van der Waals surface area (Å²) < 4.78 is 7.64. The normalized spacial score (nSPS) is 15.9. The lowest BCUT2D eigenvalue weighted by atomic mass is 9.84. The summed E-state index contributed by atoms with van der Waals surface area (Å²) in [4.78, 5) is 38.1. The molecule has 0 unspecified atom stereocenters. The maximum Gasteiger partial charge on any atom is 0.313 e. The Morgan fingerprint density at radius 3 is 2.50 bits per heavy atom. The van der Waals surface area contributed by atoms with Gasteiger partial charge in [0.1, 0.15) is 16.6 Å². The fourth-order valence-electron chi connectivity index (χ4n) is 5.43. The van der Waals surface area contributed by atoms with Crippen molar-refractivity contribution in [2.75, 3.05) is 16.4 Å². The lowest BCUT2D eigenvalue weighted by molar-refractivity contribution is -0.133. The summed E-state index contributed by atoms with van der Waals surface area (Å²) in [5.41, 5.74) is 2.44. The van der Waals surface area contributed by atoms with E-state index >= 15 is 0 Å². The third-order valence-electron chi connectivity index (χ3n) is 7.49. The first-order valence-corrected chi connectivity index (χ1v) is 15.3. The Morgan fingerprint density at radius 1 is 0.955 bits per heavy atom. The van der Waals surface area contributed by atoms with Crippen molar-refractivity contribution in [2.24, 2.45) is 0 Å². The lowest BCUT2D eigenvalue weighted by Crippen LogP contribution is -2.36. The number of nitrogens with one attached hydrogen (secondary N) is 3. The van der Waals surface area contributed by atoms with Crippen LogP contribution in [0, 0.1) is 0 Å². The number of thioether (sulfide) groups is 1. The van der Waals surface area contributed by atoms with Gasteiger partial charge in [-0.05, 0) is 54.7 Å². The maximum atomic E-state index is 14.0. The molecule has 2 aliphatic rings. The average Bonchev–Trinajstić information content (AvgIpc) is 3.50. The zero-order valence-electron chi connectivity index (χ0n) is 23.7. The number of benzene rings is 3. The van der Waals surface area contributed by atoms with Gasteiger partial charge in [-0.25, -0.2) is 4.68 Å². The molecule has 1 aliphatic heterocycles. The molecule has 1 fully saturated rings. The Labute approximate surface area is 257 Å². The van der Waals surface area contributed by atoms with Gasteiger partial charge in [-0.1, -0.05) is 78.7 Å². The molecule has 11 nitrogen and oxygen atoms in total. The fourth-order valence-corrected chi connectivity index (χ4v) is 5.97. The molecule has 0 bridgehead atoms. The Hall–Kier alpha value is -5.10. The number of aromatic nitrogens is 3. The van der Waals surface area contributed by atoms with Crippen molar-refractivity contribution in [3.63, 3.8) is 0 Å². The molecule has 4 aromatic rings.